The highest BCUT2D eigenvalue weighted by atomic mass is 16.6. The Kier molecular flexibility index (Phi) is 9.42. The van der Waals surface area contributed by atoms with Crippen LogP contribution in [0.25, 0.3) is 0 Å². The summed E-state index contributed by atoms with van der Waals surface area (Å²) in [6, 6.07) is 4.73. The number of nitrogens with one attached hydrogen (secondary N) is 2. The van der Waals surface area contributed by atoms with E-state index in [0.29, 0.717) is 17.7 Å². The number of oxazole rings is 1. The molecule has 1 aromatic heterocycles. The molecule has 0 aliphatic rings. The van der Waals surface area contributed by atoms with E-state index in [1.807, 2.05) is 13.8 Å². The van der Waals surface area contributed by atoms with Crippen LogP contribution in [0.5, 0.6) is 0 Å². The highest BCUT2D eigenvalue weighted by molar-refractivity contribution is 5.94. The van der Waals surface area contributed by atoms with E-state index in [2.05, 4.69) is 20.6 Å². The van der Waals surface area contributed by atoms with E-state index in [0.717, 1.165) is 6.26 Å². The maximum atomic E-state index is 12.7. The molecule has 2 rings (SSSR count). The van der Waals surface area contributed by atoms with Crippen LogP contribution in [0.4, 0.5) is 10.5 Å². The van der Waals surface area contributed by atoms with Crippen molar-refractivity contribution in [1.82, 2.24) is 15.6 Å². The van der Waals surface area contributed by atoms with Gasteiger partial charge in [0.05, 0.1) is 5.69 Å². The second-order valence-electron chi connectivity index (χ2n) is 9.67. The summed E-state index contributed by atoms with van der Waals surface area (Å²) in [6.45, 7) is 9.15. The molecule has 12 nitrogen and oxygen atoms in total. The van der Waals surface area contributed by atoms with Gasteiger partial charge in [-0.25, -0.2) is 19.6 Å². The number of aromatic nitrogens is 1. The molecule has 7 N–H and O–H groups in total. The van der Waals surface area contributed by atoms with Crippen molar-refractivity contribution in [2.45, 2.75) is 65.1 Å². The molecule has 0 aliphatic carbocycles. The molecule has 2 atom stereocenters. The van der Waals surface area contributed by atoms with E-state index >= 15 is 0 Å². The summed E-state index contributed by atoms with van der Waals surface area (Å²) in [6.07, 6.45) is 0.977. The maximum absolute atomic E-state index is 12.7. The minimum absolute atomic E-state index is 0.0179. The standard InChI is InChI=1S/C24H34N6O6/c1-13(2)10-16(30-23(34)36-24(3,4)5)20-29-18(12-35-20)19(31)28-17(21(32)33)11-14-6-8-15(9-7-14)27-22(25)26/h6-9,12-13,16-17H,10-11H2,1-5H3,(H,28,31)(H,30,34)(H,32,33)(H4,25,26,27)/t16-,17-/m0/s1. The van der Waals surface area contributed by atoms with Gasteiger partial charge >= 0.3 is 12.1 Å². The quantitative estimate of drug-likeness (QED) is 0.239. The maximum Gasteiger partial charge on any atom is 0.408 e. The summed E-state index contributed by atoms with van der Waals surface area (Å²) < 4.78 is 10.8. The van der Waals surface area contributed by atoms with Crippen molar-refractivity contribution in [3.63, 3.8) is 0 Å². The number of carbonyl (C=O) groups excluding carboxylic acids is 2. The summed E-state index contributed by atoms with van der Waals surface area (Å²) >= 11 is 0. The van der Waals surface area contributed by atoms with Crippen molar-refractivity contribution in [3.05, 3.63) is 47.7 Å². The molecule has 196 valence electrons. The van der Waals surface area contributed by atoms with Crippen molar-refractivity contribution in [1.29, 1.82) is 0 Å². The summed E-state index contributed by atoms with van der Waals surface area (Å²) in [5, 5.41) is 14.8. The van der Waals surface area contributed by atoms with Gasteiger partial charge in [-0.1, -0.05) is 26.0 Å². The predicted molar refractivity (Wildman–Crippen MR) is 133 cm³/mol. The number of nitrogens with two attached hydrogens (primary N) is 2. The van der Waals surface area contributed by atoms with Crippen LogP contribution in [0.15, 0.2) is 39.9 Å². The van der Waals surface area contributed by atoms with Gasteiger partial charge < -0.3 is 36.4 Å². The van der Waals surface area contributed by atoms with Crippen LogP contribution in [0, 0.1) is 5.92 Å². The van der Waals surface area contributed by atoms with Gasteiger partial charge in [-0.05, 0) is 50.8 Å². The lowest BCUT2D eigenvalue weighted by molar-refractivity contribution is -0.139. The topological polar surface area (TPSA) is 195 Å². The average Bonchev–Trinajstić information content (AvgIpc) is 3.22. The van der Waals surface area contributed by atoms with Gasteiger partial charge in [-0.2, -0.15) is 0 Å². The molecule has 12 heteroatoms. The lowest BCUT2D eigenvalue weighted by Crippen LogP contribution is -2.42. The summed E-state index contributed by atoms with van der Waals surface area (Å²) in [4.78, 5) is 44.9. The normalized spacial score (nSPS) is 12.9. The third-order valence-electron chi connectivity index (χ3n) is 4.69. The summed E-state index contributed by atoms with van der Waals surface area (Å²) in [7, 11) is 0. The average molecular weight is 503 g/mol. The van der Waals surface area contributed by atoms with Gasteiger partial charge in [0.1, 0.15) is 23.9 Å². The molecule has 0 fully saturated rings. The summed E-state index contributed by atoms with van der Waals surface area (Å²) in [5.41, 5.74) is 11.1. The van der Waals surface area contributed by atoms with Crippen LogP contribution in [-0.4, -0.2) is 45.7 Å². The number of carboxylic acid groups (broad SMARTS) is 1. The molecule has 0 saturated carbocycles. The zero-order valence-corrected chi connectivity index (χ0v) is 21.1. The number of hydrogen-bond donors (Lipinski definition) is 5. The van der Waals surface area contributed by atoms with Crippen LogP contribution >= 0.6 is 0 Å². The molecular formula is C24H34N6O6. The molecule has 2 aromatic rings. The second kappa shape index (κ2) is 12.0. The first kappa shape index (κ1) is 28.1. The number of ether oxygens (including phenoxy) is 1. The van der Waals surface area contributed by atoms with Gasteiger partial charge in [0.15, 0.2) is 11.7 Å². The van der Waals surface area contributed by atoms with Gasteiger partial charge in [0, 0.05) is 6.42 Å². The van der Waals surface area contributed by atoms with E-state index in [9.17, 15) is 19.5 Å². The van der Waals surface area contributed by atoms with Crippen molar-refractivity contribution in [2.24, 2.45) is 22.4 Å². The lowest BCUT2D eigenvalue weighted by Gasteiger charge is -2.23. The molecule has 2 amide bonds. The molecule has 36 heavy (non-hydrogen) atoms. The van der Waals surface area contributed by atoms with Crippen molar-refractivity contribution in [3.8, 4) is 0 Å². The number of carbonyl (C=O) groups is 3. The largest absolute Gasteiger partial charge is 0.480 e. The van der Waals surface area contributed by atoms with E-state index in [4.69, 9.17) is 20.6 Å². The third-order valence-corrected chi connectivity index (χ3v) is 4.69. The molecule has 0 saturated heterocycles. The van der Waals surface area contributed by atoms with Crippen LogP contribution in [0.3, 0.4) is 0 Å². The first-order chi connectivity index (χ1) is 16.7. The van der Waals surface area contributed by atoms with Crippen LogP contribution < -0.4 is 22.1 Å². The monoisotopic (exact) mass is 502 g/mol. The van der Waals surface area contributed by atoms with Crippen molar-refractivity contribution < 1.29 is 28.6 Å². The number of guanidine groups is 1. The third kappa shape index (κ3) is 9.28. The predicted octanol–water partition coefficient (Wildman–Crippen LogP) is 2.62. The molecule has 0 radical (unpaired) electrons. The molecule has 0 unspecified atom stereocenters. The minimum Gasteiger partial charge on any atom is -0.480 e. The lowest BCUT2D eigenvalue weighted by atomic mass is 10.0. The van der Waals surface area contributed by atoms with Crippen LogP contribution in [0.1, 0.15) is 69.0 Å². The zero-order chi connectivity index (χ0) is 27.0. The molecule has 1 heterocycles. The number of carboxylic acids is 1. The number of aliphatic imine (C=N–C) groups is 1. The molecule has 0 bridgehead atoms. The number of amides is 2. The van der Waals surface area contributed by atoms with Gasteiger partial charge in [-0.3, -0.25) is 4.79 Å². The number of rotatable bonds is 10. The Morgan fingerprint density at radius 1 is 1.14 bits per heavy atom. The van der Waals surface area contributed by atoms with E-state index in [1.54, 1.807) is 45.0 Å². The molecular weight excluding hydrogens is 468 g/mol. The van der Waals surface area contributed by atoms with E-state index in [-0.39, 0.29) is 29.9 Å². The first-order valence-electron chi connectivity index (χ1n) is 11.4. The van der Waals surface area contributed by atoms with Crippen LogP contribution in [0.2, 0.25) is 0 Å². The Labute approximate surface area is 209 Å². The number of benzene rings is 1. The van der Waals surface area contributed by atoms with Gasteiger partial charge in [0.2, 0.25) is 5.89 Å². The fourth-order valence-electron chi connectivity index (χ4n) is 3.22. The Morgan fingerprint density at radius 2 is 1.78 bits per heavy atom. The summed E-state index contributed by atoms with van der Waals surface area (Å²) in [5.74, 6) is -1.76. The molecule has 0 spiro atoms. The minimum atomic E-state index is -1.22. The molecule has 1 aromatic carbocycles. The second-order valence-corrected chi connectivity index (χ2v) is 9.67. The smallest absolute Gasteiger partial charge is 0.408 e. The van der Waals surface area contributed by atoms with Crippen molar-refractivity contribution in [2.75, 3.05) is 0 Å². The fraction of sp³-hybridized carbons (Fsp3) is 0.458. The Balaban J connectivity index is 2.12. The number of alkyl carbamates (subject to hydrolysis) is 1. The molecule has 0 aliphatic heterocycles. The highest BCUT2D eigenvalue weighted by Gasteiger charge is 2.27. The number of nitrogens with zero attached hydrogens (tertiary/aromatic N) is 2. The van der Waals surface area contributed by atoms with E-state index < -0.39 is 35.7 Å². The zero-order valence-electron chi connectivity index (χ0n) is 21.1. The first-order valence-corrected chi connectivity index (χ1v) is 11.4. The van der Waals surface area contributed by atoms with Crippen molar-refractivity contribution >= 4 is 29.6 Å². The van der Waals surface area contributed by atoms with Gasteiger partial charge in [-0.15, -0.1) is 0 Å². The Bertz CT molecular complexity index is 1080. The number of hydrogen-bond acceptors (Lipinski definition) is 7. The van der Waals surface area contributed by atoms with Crippen LogP contribution in [-0.2, 0) is 16.0 Å². The Hall–Kier alpha value is -4.09. The SMILES string of the molecule is CC(C)C[C@H](NC(=O)OC(C)(C)C)c1nc(C(=O)N[C@@H](Cc2ccc(N=C(N)N)cc2)C(=O)O)co1. The fourth-order valence-corrected chi connectivity index (χ4v) is 3.22. The Morgan fingerprint density at radius 3 is 2.31 bits per heavy atom. The van der Waals surface area contributed by atoms with E-state index in [1.165, 1.54) is 0 Å². The number of aliphatic carboxylic acids is 1. The highest BCUT2D eigenvalue weighted by Crippen LogP contribution is 2.22. The van der Waals surface area contributed by atoms with Gasteiger partial charge in [0.25, 0.3) is 5.91 Å².